The van der Waals surface area contributed by atoms with E-state index < -0.39 is 36.2 Å². The van der Waals surface area contributed by atoms with Crippen molar-refractivity contribution < 1.29 is 28.8 Å². The summed E-state index contributed by atoms with van der Waals surface area (Å²) in [6.45, 7) is 0.967. The first kappa shape index (κ1) is 55.2. The van der Waals surface area contributed by atoms with Crippen molar-refractivity contribution in [3.8, 4) is 0 Å². The quantitative estimate of drug-likeness (QED) is 0.0396. The molecule has 0 spiro atoms. The van der Waals surface area contributed by atoms with E-state index in [1.165, 1.54) is 0 Å². The maximum absolute atomic E-state index is 13.4. The molecule has 0 aliphatic heterocycles. The number of rotatable bonds is 18. The van der Waals surface area contributed by atoms with Crippen LogP contribution in [-0.4, -0.2) is 36.2 Å². The monoisotopic (exact) mass is 1090 g/mol. The van der Waals surface area contributed by atoms with Crippen LogP contribution in [0, 0.1) is 0 Å². The van der Waals surface area contributed by atoms with Crippen molar-refractivity contribution in [2.24, 2.45) is 0 Å². The molecule has 12 amide bonds. The Balaban J connectivity index is 0.870. The molecule has 9 rings (SSSR count). The SMILES string of the molecule is O=C(NCc1ccccc1)Nc1ccccc1NC(=O)Nc1ccc(N(c2ccc(NC(=O)Nc3ccccc3NC(=O)NCc3ccccc3)cc2)c2ccc(NC(=O)Nc3ccccc3NC(=O)NCc3ccccc3)cc2)cc1. The highest BCUT2D eigenvalue weighted by atomic mass is 16.2. The summed E-state index contributed by atoms with van der Waals surface area (Å²) in [5.41, 5.74) is 8.62. The van der Waals surface area contributed by atoms with Gasteiger partial charge in [-0.25, -0.2) is 28.8 Å². The molecule has 0 aliphatic carbocycles. The number of carbonyl (C=O) groups excluding carboxylic acids is 6. The molecule has 0 aliphatic rings. The van der Waals surface area contributed by atoms with Gasteiger partial charge in [0.15, 0.2) is 0 Å². The molecule has 0 saturated heterocycles. The summed E-state index contributed by atoms with van der Waals surface area (Å²) in [5, 5.41) is 33.9. The zero-order valence-electron chi connectivity index (χ0n) is 44.0. The van der Waals surface area contributed by atoms with Crippen LogP contribution in [-0.2, 0) is 19.6 Å². The van der Waals surface area contributed by atoms with Gasteiger partial charge in [-0.1, -0.05) is 127 Å². The molecule has 0 atom stereocenters. The van der Waals surface area contributed by atoms with E-state index in [0.717, 1.165) is 16.7 Å². The number of amides is 12. The minimum absolute atomic E-state index is 0.322. The third-order valence-corrected chi connectivity index (χ3v) is 12.3. The predicted octanol–water partition coefficient (Wildman–Crippen LogP) is 14.1. The van der Waals surface area contributed by atoms with E-state index in [0.29, 0.717) is 87.9 Å². The van der Waals surface area contributed by atoms with Gasteiger partial charge in [-0.15, -0.1) is 0 Å². The van der Waals surface area contributed by atoms with Gasteiger partial charge in [0.05, 0.1) is 34.1 Å². The molecular weight excluding hydrogens is 1030 g/mol. The Morgan fingerprint density at radius 1 is 0.232 bits per heavy atom. The molecule has 0 bridgehead atoms. The van der Waals surface area contributed by atoms with Crippen molar-refractivity contribution in [2.75, 3.05) is 52.8 Å². The molecule has 0 aromatic heterocycles. The van der Waals surface area contributed by atoms with E-state index in [2.05, 4.69) is 63.8 Å². The zero-order valence-corrected chi connectivity index (χ0v) is 44.0. The fraction of sp³-hybridized carbons (Fsp3) is 0.0476. The molecular formula is C63H57N13O6. The maximum atomic E-state index is 13.4. The number of para-hydroxylation sites is 6. The second kappa shape index (κ2) is 27.6. The second-order valence-electron chi connectivity index (χ2n) is 18.2. The molecule has 82 heavy (non-hydrogen) atoms. The summed E-state index contributed by atoms with van der Waals surface area (Å²) >= 11 is 0. The summed E-state index contributed by atoms with van der Waals surface area (Å²) in [6, 6.07) is 67.5. The maximum Gasteiger partial charge on any atom is 0.323 e. The van der Waals surface area contributed by atoms with Gasteiger partial charge in [-0.05, 0) is 126 Å². The molecule has 9 aromatic carbocycles. The summed E-state index contributed by atoms with van der Waals surface area (Å²) in [6.07, 6.45) is 0. The fourth-order valence-electron chi connectivity index (χ4n) is 8.32. The first-order valence-electron chi connectivity index (χ1n) is 25.9. The van der Waals surface area contributed by atoms with Gasteiger partial charge in [0.2, 0.25) is 0 Å². The highest BCUT2D eigenvalue weighted by Gasteiger charge is 2.17. The number of nitrogens with zero attached hydrogens (tertiary/aromatic N) is 1. The van der Waals surface area contributed by atoms with Crippen LogP contribution in [0.3, 0.4) is 0 Å². The van der Waals surface area contributed by atoms with Crippen LogP contribution in [0.25, 0.3) is 0 Å². The highest BCUT2D eigenvalue weighted by Crippen LogP contribution is 2.37. The van der Waals surface area contributed by atoms with Crippen LogP contribution in [0.4, 0.5) is 97.0 Å². The van der Waals surface area contributed by atoms with Gasteiger partial charge >= 0.3 is 36.2 Å². The number of hydrogen-bond acceptors (Lipinski definition) is 7. The largest absolute Gasteiger partial charge is 0.334 e. The number of hydrogen-bond donors (Lipinski definition) is 12. The van der Waals surface area contributed by atoms with Gasteiger partial charge in [0.1, 0.15) is 0 Å². The molecule has 12 N–H and O–H groups in total. The second-order valence-corrected chi connectivity index (χ2v) is 18.2. The van der Waals surface area contributed by atoms with E-state index in [4.69, 9.17) is 0 Å². The van der Waals surface area contributed by atoms with E-state index in [9.17, 15) is 28.8 Å². The smallest absolute Gasteiger partial charge is 0.323 e. The Labute approximate surface area is 472 Å². The van der Waals surface area contributed by atoms with Crippen molar-refractivity contribution in [3.63, 3.8) is 0 Å². The lowest BCUT2D eigenvalue weighted by atomic mass is 10.1. The van der Waals surface area contributed by atoms with Gasteiger partial charge in [-0.2, -0.15) is 0 Å². The van der Waals surface area contributed by atoms with Gasteiger partial charge < -0.3 is 68.7 Å². The van der Waals surface area contributed by atoms with Crippen molar-refractivity contribution >= 4 is 104 Å². The van der Waals surface area contributed by atoms with Crippen molar-refractivity contribution in [1.82, 2.24) is 16.0 Å². The normalized spacial score (nSPS) is 10.4. The zero-order chi connectivity index (χ0) is 56.9. The molecule has 0 heterocycles. The third-order valence-electron chi connectivity index (χ3n) is 12.3. The molecule has 410 valence electrons. The Bertz CT molecular complexity index is 3250. The Kier molecular flexibility index (Phi) is 18.6. The minimum atomic E-state index is -0.545. The van der Waals surface area contributed by atoms with Crippen LogP contribution in [0.5, 0.6) is 0 Å². The van der Waals surface area contributed by atoms with Gasteiger partial charge in [0.25, 0.3) is 0 Å². The van der Waals surface area contributed by atoms with E-state index in [-0.39, 0.29) is 0 Å². The number of benzene rings is 9. The Hall–Kier alpha value is -11.6. The van der Waals surface area contributed by atoms with E-state index in [1.54, 1.807) is 109 Å². The van der Waals surface area contributed by atoms with E-state index in [1.807, 2.05) is 132 Å². The molecule has 19 heteroatoms. The predicted molar refractivity (Wildman–Crippen MR) is 325 cm³/mol. The lowest BCUT2D eigenvalue weighted by molar-refractivity contribution is 0.251. The summed E-state index contributed by atoms with van der Waals surface area (Å²) in [5.74, 6) is 0. The molecule has 19 nitrogen and oxygen atoms in total. The highest BCUT2D eigenvalue weighted by molar-refractivity contribution is 6.06. The molecule has 0 saturated carbocycles. The molecule has 9 aromatic rings. The number of carbonyl (C=O) groups is 6. The average molecular weight is 1090 g/mol. The van der Waals surface area contributed by atoms with Crippen LogP contribution < -0.4 is 68.7 Å². The third kappa shape index (κ3) is 16.2. The number of urea groups is 6. The van der Waals surface area contributed by atoms with Crippen molar-refractivity contribution in [1.29, 1.82) is 0 Å². The van der Waals surface area contributed by atoms with Gasteiger partial charge in [-0.3, -0.25) is 0 Å². The average Bonchev–Trinajstić information content (AvgIpc) is 3.66. The van der Waals surface area contributed by atoms with Crippen molar-refractivity contribution in [3.05, 3.63) is 253 Å². The van der Waals surface area contributed by atoms with Crippen LogP contribution in [0.2, 0.25) is 0 Å². The molecule has 0 fully saturated rings. The summed E-state index contributed by atoms with van der Waals surface area (Å²) in [4.78, 5) is 80.5. The molecule has 0 unspecified atom stereocenters. The summed E-state index contributed by atoms with van der Waals surface area (Å²) < 4.78 is 0. The fourth-order valence-corrected chi connectivity index (χ4v) is 8.32. The van der Waals surface area contributed by atoms with Crippen molar-refractivity contribution in [2.45, 2.75) is 19.6 Å². The first-order chi connectivity index (χ1) is 40.1. The first-order valence-corrected chi connectivity index (χ1v) is 25.9. The number of anilines is 12. The van der Waals surface area contributed by atoms with E-state index >= 15 is 0 Å². The standard InChI is InChI=1S/C63H57N13O6/c77-58(64-40-43-16-4-1-5-17-43)70-52-22-10-13-25-55(52)73-61(80)67-46-28-34-49(35-29-46)76(50-36-30-47(31-37-50)68-62(81)74-56-26-14-11-23-53(56)71-59(78)65-41-44-18-6-2-7-19-44)51-38-32-48(33-39-51)69-63(82)75-57-27-15-12-24-54(57)72-60(79)66-42-45-20-8-3-9-21-45/h1-39H,40-42H2,(H2,64,70,77)(H2,65,71,78)(H2,66,72,79)(H2,67,73,80)(H2,68,74,81)(H2,69,75,82). The van der Waals surface area contributed by atoms with Crippen LogP contribution in [0.1, 0.15) is 16.7 Å². The van der Waals surface area contributed by atoms with Gasteiger partial charge in [0, 0.05) is 53.8 Å². The Morgan fingerprint density at radius 3 is 0.671 bits per heavy atom. The minimum Gasteiger partial charge on any atom is -0.334 e. The lowest BCUT2D eigenvalue weighted by Crippen LogP contribution is -2.29. The van der Waals surface area contributed by atoms with Crippen LogP contribution in [0.15, 0.2) is 237 Å². The van der Waals surface area contributed by atoms with Crippen LogP contribution >= 0.6 is 0 Å². The lowest BCUT2D eigenvalue weighted by Gasteiger charge is -2.26. The number of nitrogens with one attached hydrogen (secondary N) is 12. The topological polar surface area (TPSA) is 250 Å². The Morgan fingerprint density at radius 2 is 0.439 bits per heavy atom. The molecule has 0 radical (unpaired) electrons. The summed E-state index contributed by atoms with van der Waals surface area (Å²) in [7, 11) is 0.